The summed E-state index contributed by atoms with van der Waals surface area (Å²) in [5, 5.41) is 3.93. The van der Waals surface area contributed by atoms with Gasteiger partial charge in [-0.1, -0.05) is 41.9 Å². The Bertz CT molecular complexity index is 1100. The Balaban J connectivity index is 1.81. The number of halogens is 1. The molecule has 2 aliphatic rings. The Labute approximate surface area is 186 Å². The number of methoxy groups -OCH3 is 2. The van der Waals surface area contributed by atoms with Crippen LogP contribution in [0.2, 0.25) is 5.02 Å². The molecule has 1 N–H and O–H groups in total. The molecule has 0 spiro atoms. The lowest BCUT2D eigenvalue weighted by Gasteiger charge is -2.36. The standard InChI is InChI=1S/C25H24ClNO4/c1-14-22(25(29)31-3)23(15-8-10-17(26)11-9-15)24-19(27-14)12-16(13-20(24)28)18-6-4-5-7-21(18)30-2/h4-11,16,23,27H,12-13H2,1-3H3. The van der Waals surface area contributed by atoms with Crippen molar-refractivity contribution in [2.45, 2.75) is 31.6 Å². The summed E-state index contributed by atoms with van der Waals surface area (Å²) in [7, 11) is 2.99. The van der Waals surface area contributed by atoms with Gasteiger partial charge < -0.3 is 14.8 Å². The van der Waals surface area contributed by atoms with Crippen molar-refractivity contribution in [1.82, 2.24) is 5.32 Å². The number of hydrogen-bond acceptors (Lipinski definition) is 5. The smallest absolute Gasteiger partial charge is 0.336 e. The van der Waals surface area contributed by atoms with E-state index in [0.717, 1.165) is 22.6 Å². The number of carbonyl (C=O) groups excluding carboxylic acids is 2. The third-order valence-corrected chi connectivity index (χ3v) is 6.27. The molecule has 2 aromatic rings. The third-order valence-electron chi connectivity index (χ3n) is 6.01. The van der Waals surface area contributed by atoms with E-state index in [0.29, 0.717) is 34.7 Å². The second kappa shape index (κ2) is 8.60. The van der Waals surface area contributed by atoms with E-state index in [1.807, 2.05) is 43.3 Å². The Morgan fingerprint density at radius 1 is 1.06 bits per heavy atom. The fraction of sp³-hybridized carbons (Fsp3) is 0.280. The van der Waals surface area contributed by atoms with E-state index < -0.39 is 11.9 Å². The highest BCUT2D eigenvalue weighted by Crippen LogP contribution is 2.46. The Hall–Kier alpha value is -3.05. The van der Waals surface area contributed by atoms with E-state index in [1.165, 1.54) is 7.11 Å². The fourth-order valence-corrected chi connectivity index (χ4v) is 4.76. The number of allylic oxidation sites excluding steroid dienone is 3. The molecule has 0 saturated carbocycles. The molecule has 2 unspecified atom stereocenters. The summed E-state index contributed by atoms with van der Waals surface area (Å²) in [5.74, 6) is -0.160. The molecule has 0 amide bonds. The lowest BCUT2D eigenvalue weighted by Crippen LogP contribution is -2.36. The van der Waals surface area contributed by atoms with E-state index in [1.54, 1.807) is 19.2 Å². The van der Waals surface area contributed by atoms with Crippen molar-refractivity contribution < 1.29 is 19.1 Å². The van der Waals surface area contributed by atoms with E-state index in [-0.39, 0.29) is 11.7 Å². The molecule has 6 heteroatoms. The molecule has 4 rings (SSSR count). The number of ether oxygens (including phenoxy) is 2. The van der Waals surface area contributed by atoms with Crippen molar-refractivity contribution >= 4 is 23.4 Å². The van der Waals surface area contributed by atoms with Crippen LogP contribution >= 0.6 is 11.6 Å². The molecule has 5 nitrogen and oxygen atoms in total. The molecule has 0 aromatic heterocycles. The predicted molar refractivity (Wildman–Crippen MR) is 119 cm³/mol. The van der Waals surface area contributed by atoms with E-state index in [9.17, 15) is 9.59 Å². The maximum Gasteiger partial charge on any atom is 0.336 e. The van der Waals surface area contributed by atoms with E-state index in [4.69, 9.17) is 21.1 Å². The van der Waals surface area contributed by atoms with Gasteiger partial charge in [-0.2, -0.15) is 0 Å². The van der Waals surface area contributed by atoms with E-state index >= 15 is 0 Å². The molecular weight excluding hydrogens is 414 g/mol. The highest BCUT2D eigenvalue weighted by molar-refractivity contribution is 6.30. The van der Waals surface area contributed by atoms with Crippen LogP contribution in [0.15, 0.2) is 71.1 Å². The summed E-state index contributed by atoms with van der Waals surface area (Å²) in [4.78, 5) is 26.2. The highest BCUT2D eigenvalue weighted by atomic mass is 35.5. The normalized spacial score (nSPS) is 20.8. The minimum atomic E-state index is -0.493. The van der Waals surface area contributed by atoms with Gasteiger partial charge in [0.15, 0.2) is 5.78 Å². The zero-order chi connectivity index (χ0) is 22.1. The van der Waals surface area contributed by atoms with Gasteiger partial charge >= 0.3 is 5.97 Å². The third kappa shape index (κ3) is 3.86. The second-order valence-corrected chi connectivity index (χ2v) is 8.24. The first-order valence-electron chi connectivity index (χ1n) is 10.1. The minimum Gasteiger partial charge on any atom is -0.496 e. The van der Waals surface area contributed by atoms with Crippen LogP contribution in [0.1, 0.15) is 42.7 Å². The van der Waals surface area contributed by atoms with Crippen molar-refractivity contribution in [2.24, 2.45) is 0 Å². The number of esters is 1. The molecule has 2 atom stereocenters. The number of dihydropyridines is 1. The zero-order valence-corrected chi connectivity index (χ0v) is 18.5. The quantitative estimate of drug-likeness (QED) is 0.690. The monoisotopic (exact) mass is 437 g/mol. The molecule has 2 aromatic carbocycles. The molecule has 0 bridgehead atoms. The summed E-state index contributed by atoms with van der Waals surface area (Å²) < 4.78 is 10.6. The van der Waals surface area contributed by atoms with Crippen LogP contribution in [0.5, 0.6) is 5.75 Å². The van der Waals surface area contributed by atoms with Crippen molar-refractivity contribution in [3.8, 4) is 5.75 Å². The number of carbonyl (C=O) groups is 2. The first-order valence-corrected chi connectivity index (χ1v) is 10.5. The van der Waals surface area contributed by atoms with Crippen molar-refractivity contribution in [3.63, 3.8) is 0 Å². The van der Waals surface area contributed by atoms with Gasteiger partial charge in [-0.15, -0.1) is 0 Å². The number of nitrogens with one attached hydrogen (secondary N) is 1. The van der Waals surface area contributed by atoms with Gasteiger partial charge in [-0.25, -0.2) is 4.79 Å². The first-order chi connectivity index (χ1) is 14.9. The Kier molecular flexibility index (Phi) is 5.88. The molecule has 1 aliphatic carbocycles. The maximum absolute atomic E-state index is 13.5. The summed E-state index contributed by atoms with van der Waals surface area (Å²) in [5.41, 5.74) is 4.46. The van der Waals surface area contributed by atoms with Crippen LogP contribution in [0.3, 0.4) is 0 Å². The summed E-state index contributed by atoms with van der Waals surface area (Å²) in [6.45, 7) is 1.84. The highest BCUT2D eigenvalue weighted by Gasteiger charge is 2.41. The number of Topliss-reactive ketones (excluding diaryl/α,β-unsaturated/α-hetero) is 1. The van der Waals surface area contributed by atoms with Gasteiger partial charge in [0, 0.05) is 40.2 Å². The minimum absolute atomic E-state index is 0.00626. The zero-order valence-electron chi connectivity index (χ0n) is 17.7. The number of benzene rings is 2. The molecule has 0 saturated heterocycles. The summed E-state index contributed by atoms with van der Waals surface area (Å²) >= 11 is 6.08. The van der Waals surface area contributed by atoms with Crippen molar-refractivity contribution in [1.29, 1.82) is 0 Å². The van der Waals surface area contributed by atoms with Crippen LogP contribution in [-0.4, -0.2) is 26.0 Å². The van der Waals surface area contributed by atoms with Gasteiger partial charge in [-0.3, -0.25) is 4.79 Å². The largest absolute Gasteiger partial charge is 0.496 e. The average molecular weight is 438 g/mol. The van der Waals surface area contributed by atoms with Crippen LogP contribution in [0.4, 0.5) is 0 Å². The predicted octanol–water partition coefficient (Wildman–Crippen LogP) is 4.88. The van der Waals surface area contributed by atoms with Crippen LogP contribution < -0.4 is 10.1 Å². The van der Waals surface area contributed by atoms with Crippen LogP contribution in [0.25, 0.3) is 0 Å². The van der Waals surface area contributed by atoms with Gasteiger partial charge in [0.2, 0.25) is 0 Å². The maximum atomic E-state index is 13.5. The van der Waals surface area contributed by atoms with E-state index in [2.05, 4.69) is 5.32 Å². The number of hydrogen-bond donors (Lipinski definition) is 1. The molecule has 1 heterocycles. The molecule has 160 valence electrons. The SMILES string of the molecule is COC(=O)C1=C(C)NC2=C(C(=O)CC(c3ccccc3OC)C2)C1c1ccc(Cl)cc1. The van der Waals surface area contributed by atoms with Crippen molar-refractivity contribution in [2.75, 3.05) is 14.2 Å². The number of para-hydroxylation sites is 1. The first kappa shape index (κ1) is 21.2. The van der Waals surface area contributed by atoms with Gasteiger partial charge in [0.25, 0.3) is 0 Å². The molecule has 31 heavy (non-hydrogen) atoms. The summed E-state index contributed by atoms with van der Waals surface area (Å²) in [6, 6.07) is 15.1. The van der Waals surface area contributed by atoms with Gasteiger partial charge in [-0.05, 0) is 42.7 Å². The fourth-order valence-electron chi connectivity index (χ4n) is 4.63. The van der Waals surface area contributed by atoms with Crippen molar-refractivity contribution in [3.05, 3.63) is 87.2 Å². The number of rotatable bonds is 4. The second-order valence-electron chi connectivity index (χ2n) is 7.80. The molecular formula is C25H24ClNO4. The van der Waals surface area contributed by atoms with Crippen LogP contribution in [0, 0.1) is 0 Å². The Morgan fingerprint density at radius 2 is 1.77 bits per heavy atom. The average Bonchev–Trinajstić information content (AvgIpc) is 2.78. The van der Waals surface area contributed by atoms with Gasteiger partial charge in [0.05, 0.1) is 19.8 Å². The molecule has 1 aliphatic heterocycles. The molecule has 0 fully saturated rings. The summed E-state index contributed by atoms with van der Waals surface area (Å²) in [6.07, 6.45) is 0.996. The number of ketones is 1. The molecule has 0 radical (unpaired) electrons. The lowest BCUT2D eigenvalue weighted by molar-refractivity contribution is -0.136. The topological polar surface area (TPSA) is 64.6 Å². The van der Waals surface area contributed by atoms with Gasteiger partial charge in [0.1, 0.15) is 5.75 Å². The Morgan fingerprint density at radius 3 is 2.45 bits per heavy atom. The van der Waals surface area contributed by atoms with Crippen LogP contribution in [-0.2, 0) is 14.3 Å². The lowest BCUT2D eigenvalue weighted by atomic mass is 9.71.